The Kier molecular flexibility index (Phi) is 3.91. The van der Waals surface area contributed by atoms with Gasteiger partial charge >= 0.3 is 0 Å². The molecule has 1 fully saturated rings. The van der Waals surface area contributed by atoms with E-state index in [9.17, 15) is 15.0 Å². The zero-order valence-corrected chi connectivity index (χ0v) is 13.2. The number of methoxy groups -OCH3 is 1. The van der Waals surface area contributed by atoms with Gasteiger partial charge in [0.15, 0.2) is 5.78 Å². The molecule has 2 aliphatic carbocycles. The van der Waals surface area contributed by atoms with E-state index in [-0.39, 0.29) is 30.6 Å². The molecular formula is C17H24O5. The van der Waals surface area contributed by atoms with Gasteiger partial charge in [0.2, 0.25) is 0 Å². The number of Topliss-reactive ketones (excluding diaryl/α,β-unsaturated/α-hetero) is 1. The molecule has 0 aromatic carbocycles. The molecule has 5 unspecified atom stereocenters. The van der Waals surface area contributed by atoms with Crippen LogP contribution in [0, 0.1) is 11.8 Å². The van der Waals surface area contributed by atoms with Crippen molar-refractivity contribution in [1.82, 2.24) is 0 Å². The molecule has 0 spiro atoms. The minimum atomic E-state index is -0.782. The normalized spacial score (nSPS) is 41.0. The summed E-state index contributed by atoms with van der Waals surface area (Å²) in [5.41, 5.74) is 0.960. The number of aliphatic hydroxyl groups is 2. The van der Waals surface area contributed by atoms with Crippen LogP contribution in [0.15, 0.2) is 23.5 Å². The molecule has 0 bridgehead atoms. The van der Waals surface area contributed by atoms with Crippen molar-refractivity contribution < 1.29 is 24.5 Å². The van der Waals surface area contributed by atoms with Crippen LogP contribution in [0.3, 0.4) is 0 Å². The second kappa shape index (κ2) is 5.48. The van der Waals surface area contributed by atoms with E-state index in [1.807, 2.05) is 6.92 Å². The second-order valence-corrected chi connectivity index (χ2v) is 6.87. The summed E-state index contributed by atoms with van der Waals surface area (Å²) in [6.45, 7) is 5.96. The first-order valence-electron chi connectivity index (χ1n) is 7.87. The Bertz CT molecular complexity index is 537. The fourth-order valence-corrected chi connectivity index (χ4v) is 4.28. The van der Waals surface area contributed by atoms with E-state index < -0.39 is 17.8 Å². The molecule has 5 heteroatoms. The van der Waals surface area contributed by atoms with E-state index in [0.717, 1.165) is 18.4 Å². The van der Waals surface area contributed by atoms with Gasteiger partial charge in [0, 0.05) is 25.0 Å². The topological polar surface area (TPSA) is 76.0 Å². The predicted molar refractivity (Wildman–Crippen MR) is 80.0 cm³/mol. The van der Waals surface area contributed by atoms with E-state index in [1.54, 1.807) is 0 Å². The summed E-state index contributed by atoms with van der Waals surface area (Å²) in [7, 11) is 1.49. The molecule has 3 rings (SSSR count). The average molecular weight is 308 g/mol. The molecule has 0 amide bonds. The highest BCUT2D eigenvalue weighted by Gasteiger charge is 2.54. The SMILES string of the molecule is C=C(CO)C1CCC2(C)OC3=C(CC12)C(=O)C(OC)CC3O. The fraction of sp³-hybridized carbons (Fsp3) is 0.706. The van der Waals surface area contributed by atoms with Crippen LogP contribution in [-0.2, 0) is 14.3 Å². The van der Waals surface area contributed by atoms with Gasteiger partial charge < -0.3 is 19.7 Å². The lowest BCUT2D eigenvalue weighted by molar-refractivity contribution is -0.135. The molecule has 0 aromatic heterocycles. The van der Waals surface area contributed by atoms with E-state index in [4.69, 9.17) is 9.47 Å². The molecule has 5 nitrogen and oxygen atoms in total. The molecule has 0 saturated heterocycles. The van der Waals surface area contributed by atoms with E-state index in [1.165, 1.54) is 7.11 Å². The van der Waals surface area contributed by atoms with Gasteiger partial charge in [0.1, 0.15) is 23.6 Å². The summed E-state index contributed by atoms with van der Waals surface area (Å²) in [6.07, 6.45) is 1.16. The Balaban J connectivity index is 1.95. The number of carbonyl (C=O) groups is 1. The van der Waals surface area contributed by atoms with E-state index in [0.29, 0.717) is 17.8 Å². The van der Waals surface area contributed by atoms with Crippen LogP contribution in [0.5, 0.6) is 0 Å². The lowest BCUT2D eigenvalue weighted by atomic mass is 9.74. The van der Waals surface area contributed by atoms with Crippen molar-refractivity contribution >= 4 is 5.78 Å². The largest absolute Gasteiger partial charge is 0.488 e. The molecule has 0 aromatic rings. The van der Waals surface area contributed by atoms with Gasteiger partial charge in [-0.25, -0.2) is 0 Å². The summed E-state index contributed by atoms with van der Waals surface area (Å²) in [6, 6.07) is 0. The third-order valence-electron chi connectivity index (χ3n) is 5.63. The van der Waals surface area contributed by atoms with Gasteiger partial charge in [-0.15, -0.1) is 0 Å². The highest BCUT2D eigenvalue weighted by atomic mass is 16.5. The van der Waals surface area contributed by atoms with Crippen LogP contribution >= 0.6 is 0 Å². The van der Waals surface area contributed by atoms with Crippen molar-refractivity contribution in [2.75, 3.05) is 13.7 Å². The highest BCUT2D eigenvalue weighted by Crippen LogP contribution is 2.53. The number of aliphatic hydroxyl groups excluding tert-OH is 2. The lowest BCUT2D eigenvalue weighted by Gasteiger charge is -2.44. The van der Waals surface area contributed by atoms with Crippen molar-refractivity contribution in [3.63, 3.8) is 0 Å². The van der Waals surface area contributed by atoms with Gasteiger partial charge in [-0.05, 0) is 37.7 Å². The number of ketones is 1. The molecule has 22 heavy (non-hydrogen) atoms. The Morgan fingerprint density at radius 1 is 1.55 bits per heavy atom. The minimum absolute atomic E-state index is 0.0413. The quantitative estimate of drug-likeness (QED) is 0.770. The van der Waals surface area contributed by atoms with Crippen LogP contribution < -0.4 is 0 Å². The van der Waals surface area contributed by atoms with Gasteiger partial charge in [-0.3, -0.25) is 4.79 Å². The van der Waals surface area contributed by atoms with Crippen LogP contribution in [0.4, 0.5) is 0 Å². The molecule has 1 saturated carbocycles. The van der Waals surface area contributed by atoms with Crippen LogP contribution in [-0.4, -0.2) is 47.5 Å². The molecule has 1 aliphatic heterocycles. The fourth-order valence-electron chi connectivity index (χ4n) is 4.28. The van der Waals surface area contributed by atoms with Crippen molar-refractivity contribution in [2.45, 2.75) is 50.4 Å². The second-order valence-electron chi connectivity index (χ2n) is 6.87. The standard InChI is InChI=1S/C17H24O5/c1-9(8-18)10-4-5-17(2)12(10)6-11-15(20)14(21-3)7-13(19)16(11)22-17/h10,12-14,18-19H,1,4-8H2,2-3H3. The third kappa shape index (κ3) is 2.23. The molecular weight excluding hydrogens is 284 g/mol. The maximum Gasteiger partial charge on any atom is 0.191 e. The minimum Gasteiger partial charge on any atom is -0.488 e. The molecule has 2 N–H and O–H groups in total. The maximum absolute atomic E-state index is 12.5. The smallest absolute Gasteiger partial charge is 0.191 e. The number of fused-ring (bicyclic) bond motifs is 1. The van der Waals surface area contributed by atoms with Crippen molar-refractivity contribution in [3.05, 3.63) is 23.5 Å². The van der Waals surface area contributed by atoms with Crippen molar-refractivity contribution in [3.8, 4) is 0 Å². The number of rotatable bonds is 3. The summed E-state index contributed by atoms with van der Waals surface area (Å²) in [5, 5.41) is 19.7. The van der Waals surface area contributed by atoms with Crippen molar-refractivity contribution in [2.24, 2.45) is 11.8 Å². The molecule has 122 valence electrons. The third-order valence-corrected chi connectivity index (χ3v) is 5.63. The van der Waals surface area contributed by atoms with Crippen LogP contribution in [0.2, 0.25) is 0 Å². The Hall–Kier alpha value is -1.17. The Morgan fingerprint density at radius 2 is 2.27 bits per heavy atom. The Morgan fingerprint density at radius 3 is 2.91 bits per heavy atom. The van der Waals surface area contributed by atoms with Gasteiger partial charge in [-0.2, -0.15) is 0 Å². The Labute approximate surface area is 130 Å². The summed E-state index contributed by atoms with van der Waals surface area (Å²) in [5.74, 6) is 0.618. The predicted octanol–water partition coefficient (Wildman–Crippen LogP) is 1.34. The van der Waals surface area contributed by atoms with Crippen molar-refractivity contribution in [1.29, 1.82) is 0 Å². The number of hydrogen-bond donors (Lipinski definition) is 2. The zero-order valence-electron chi connectivity index (χ0n) is 13.2. The molecule has 1 heterocycles. The summed E-state index contributed by atoms with van der Waals surface area (Å²) >= 11 is 0. The maximum atomic E-state index is 12.5. The number of carbonyl (C=O) groups excluding carboxylic acids is 1. The lowest BCUT2D eigenvalue weighted by Crippen LogP contribution is -2.47. The molecule has 5 atom stereocenters. The number of hydrogen-bond acceptors (Lipinski definition) is 5. The molecule has 3 aliphatic rings. The first kappa shape index (κ1) is 15.7. The van der Waals surface area contributed by atoms with Gasteiger partial charge in [-0.1, -0.05) is 6.58 Å². The first-order valence-corrected chi connectivity index (χ1v) is 7.87. The van der Waals surface area contributed by atoms with E-state index in [2.05, 4.69) is 6.58 Å². The summed E-state index contributed by atoms with van der Waals surface area (Å²) in [4.78, 5) is 12.5. The zero-order chi connectivity index (χ0) is 16.1. The number of ether oxygens (including phenoxy) is 2. The van der Waals surface area contributed by atoms with Gasteiger partial charge in [0.25, 0.3) is 0 Å². The van der Waals surface area contributed by atoms with E-state index >= 15 is 0 Å². The molecule has 0 radical (unpaired) electrons. The first-order chi connectivity index (χ1) is 10.4. The van der Waals surface area contributed by atoms with Gasteiger partial charge in [0.05, 0.1) is 6.61 Å². The highest BCUT2D eigenvalue weighted by molar-refractivity contribution is 6.00. The summed E-state index contributed by atoms with van der Waals surface area (Å²) < 4.78 is 11.3. The van der Waals surface area contributed by atoms with Crippen LogP contribution in [0.1, 0.15) is 32.6 Å². The monoisotopic (exact) mass is 308 g/mol. The van der Waals surface area contributed by atoms with Crippen LogP contribution in [0.25, 0.3) is 0 Å². The average Bonchev–Trinajstić information content (AvgIpc) is 2.85.